The van der Waals surface area contributed by atoms with E-state index >= 15 is 0 Å². The van der Waals surface area contributed by atoms with Gasteiger partial charge in [-0.05, 0) is 39.5 Å². The molecule has 2 aliphatic heterocycles. The molecule has 1 N–H and O–H groups in total. The van der Waals surface area contributed by atoms with Crippen LogP contribution in [0.5, 0.6) is 0 Å². The van der Waals surface area contributed by atoms with E-state index in [9.17, 15) is 9.18 Å². The Morgan fingerprint density at radius 2 is 2.10 bits per heavy atom. The number of carbonyl (C=O) groups excluding carboxylic acids is 1. The van der Waals surface area contributed by atoms with E-state index in [4.69, 9.17) is 0 Å². The third-order valence-electron chi connectivity index (χ3n) is 4.14. The number of benzene rings is 2. The largest absolute Gasteiger partial charge is 0.354 e. The van der Waals surface area contributed by atoms with E-state index in [0.29, 0.717) is 10.2 Å². The van der Waals surface area contributed by atoms with Crippen LogP contribution in [0.25, 0.3) is 0 Å². The molecule has 0 spiro atoms. The Morgan fingerprint density at radius 3 is 2.95 bits per heavy atom. The van der Waals surface area contributed by atoms with E-state index in [1.165, 1.54) is 11.6 Å². The van der Waals surface area contributed by atoms with Crippen LogP contribution in [0.3, 0.4) is 0 Å². The number of anilines is 2. The average Bonchev–Trinajstić information content (AvgIpc) is 2.49. The molecule has 1 atom stereocenters. The normalized spacial score (nSPS) is 19.4. The highest BCUT2D eigenvalue weighted by molar-refractivity contribution is 9.10. The van der Waals surface area contributed by atoms with Crippen LogP contribution in [0.15, 0.2) is 40.9 Å². The van der Waals surface area contributed by atoms with Gasteiger partial charge in [0.1, 0.15) is 11.9 Å². The van der Waals surface area contributed by atoms with Gasteiger partial charge < -0.3 is 10.2 Å². The first-order valence-electron chi connectivity index (χ1n) is 6.79. The zero-order valence-corrected chi connectivity index (χ0v) is 12.7. The molecule has 2 aromatic carbocycles. The summed E-state index contributed by atoms with van der Waals surface area (Å²) in [5.41, 5.74) is 3.64. The number of hydrogen-bond donors (Lipinski definition) is 1. The van der Waals surface area contributed by atoms with Gasteiger partial charge in [-0.1, -0.05) is 24.3 Å². The van der Waals surface area contributed by atoms with Gasteiger partial charge in [-0.25, -0.2) is 4.39 Å². The summed E-state index contributed by atoms with van der Waals surface area (Å²) in [5, 5.41) is 2.83. The molecule has 106 valence electrons. The van der Waals surface area contributed by atoms with Gasteiger partial charge in [0.15, 0.2) is 0 Å². The van der Waals surface area contributed by atoms with E-state index in [-0.39, 0.29) is 17.8 Å². The van der Waals surface area contributed by atoms with Crippen LogP contribution < -0.4 is 10.2 Å². The van der Waals surface area contributed by atoms with Gasteiger partial charge in [0.05, 0.1) is 15.8 Å². The fourth-order valence-electron chi connectivity index (χ4n) is 3.18. The fourth-order valence-corrected chi connectivity index (χ4v) is 3.52. The monoisotopic (exact) mass is 346 g/mol. The van der Waals surface area contributed by atoms with E-state index in [2.05, 4.69) is 32.2 Å². The molecular formula is C16H12BrFN2O. The van der Waals surface area contributed by atoms with Crippen molar-refractivity contribution in [3.05, 3.63) is 57.8 Å². The molecule has 0 radical (unpaired) electrons. The molecular weight excluding hydrogens is 335 g/mol. The highest BCUT2D eigenvalue weighted by Gasteiger charge is 2.38. The highest BCUT2D eigenvalue weighted by Crippen LogP contribution is 2.43. The SMILES string of the molecule is O=C1Nc2cc(F)c(Br)cc2N2CCc3ccccc3C12. The standard InChI is InChI=1S/C16H12BrFN2O/c17-11-7-14-13(8-12(11)18)19-16(21)15-10-4-2-1-3-9(10)5-6-20(14)15/h1-4,7-8,15H,5-6H2,(H,19,21). The lowest BCUT2D eigenvalue weighted by molar-refractivity contribution is -0.117. The summed E-state index contributed by atoms with van der Waals surface area (Å²) < 4.78 is 14.1. The van der Waals surface area contributed by atoms with Crippen molar-refractivity contribution in [3.63, 3.8) is 0 Å². The summed E-state index contributed by atoms with van der Waals surface area (Å²) in [6.45, 7) is 0.750. The van der Waals surface area contributed by atoms with Crippen LogP contribution in [0.1, 0.15) is 17.2 Å². The molecule has 1 amide bonds. The van der Waals surface area contributed by atoms with E-state index in [1.807, 2.05) is 18.2 Å². The molecule has 0 saturated heterocycles. The predicted molar refractivity (Wildman–Crippen MR) is 83.0 cm³/mol. The van der Waals surface area contributed by atoms with Crippen molar-refractivity contribution in [2.45, 2.75) is 12.5 Å². The molecule has 3 nitrogen and oxygen atoms in total. The van der Waals surface area contributed by atoms with Gasteiger partial charge in [0, 0.05) is 12.6 Å². The molecule has 2 aromatic rings. The lowest BCUT2D eigenvalue weighted by atomic mass is 9.90. The van der Waals surface area contributed by atoms with Crippen molar-refractivity contribution in [3.8, 4) is 0 Å². The first-order chi connectivity index (χ1) is 10.1. The molecule has 21 heavy (non-hydrogen) atoms. The summed E-state index contributed by atoms with van der Waals surface area (Å²) in [6, 6.07) is 10.8. The number of carbonyl (C=O) groups is 1. The molecule has 0 aromatic heterocycles. The quantitative estimate of drug-likeness (QED) is 0.789. The van der Waals surface area contributed by atoms with Gasteiger partial charge in [-0.3, -0.25) is 4.79 Å². The molecule has 0 saturated carbocycles. The summed E-state index contributed by atoms with van der Waals surface area (Å²) in [5.74, 6) is -0.471. The van der Waals surface area contributed by atoms with Gasteiger partial charge >= 0.3 is 0 Å². The number of halogens is 2. The van der Waals surface area contributed by atoms with E-state index in [1.54, 1.807) is 6.07 Å². The number of amides is 1. The van der Waals surface area contributed by atoms with Crippen LogP contribution in [-0.2, 0) is 11.2 Å². The molecule has 0 fully saturated rings. The minimum Gasteiger partial charge on any atom is -0.354 e. The van der Waals surface area contributed by atoms with Gasteiger partial charge in [-0.2, -0.15) is 0 Å². The molecule has 2 heterocycles. The van der Waals surface area contributed by atoms with Crippen LogP contribution in [0.4, 0.5) is 15.8 Å². The summed E-state index contributed by atoms with van der Waals surface area (Å²) in [7, 11) is 0. The minimum atomic E-state index is -0.370. The van der Waals surface area contributed by atoms with Crippen molar-refractivity contribution >= 4 is 33.2 Å². The maximum absolute atomic E-state index is 13.7. The van der Waals surface area contributed by atoms with Crippen LogP contribution in [-0.4, -0.2) is 12.5 Å². The average molecular weight is 347 g/mol. The zero-order valence-electron chi connectivity index (χ0n) is 11.1. The molecule has 5 heteroatoms. The second-order valence-corrected chi connectivity index (χ2v) is 6.17. The number of rotatable bonds is 0. The van der Waals surface area contributed by atoms with Crippen LogP contribution in [0, 0.1) is 5.82 Å². The van der Waals surface area contributed by atoms with Gasteiger partial charge in [0.25, 0.3) is 5.91 Å². The van der Waals surface area contributed by atoms with Crippen LogP contribution in [0.2, 0.25) is 0 Å². The van der Waals surface area contributed by atoms with Crippen LogP contribution >= 0.6 is 15.9 Å². The molecule has 0 bridgehead atoms. The van der Waals surface area contributed by atoms with Crippen molar-refractivity contribution in [2.75, 3.05) is 16.8 Å². The number of hydrogen-bond acceptors (Lipinski definition) is 2. The maximum atomic E-state index is 13.7. The lowest BCUT2D eigenvalue weighted by Crippen LogP contribution is -2.45. The van der Waals surface area contributed by atoms with E-state index < -0.39 is 0 Å². The smallest absolute Gasteiger partial charge is 0.251 e. The maximum Gasteiger partial charge on any atom is 0.251 e. The first kappa shape index (κ1) is 12.8. The fraction of sp³-hybridized carbons (Fsp3) is 0.188. The first-order valence-corrected chi connectivity index (χ1v) is 7.59. The molecule has 0 aliphatic carbocycles. The zero-order chi connectivity index (χ0) is 14.6. The lowest BCUT2D eigenvalue weighted by Gasteiger charge is -2.42. The Balaban J connectivity index is 1.89. The Kier molecular flexibility index (Phi) is 2.79. The summed E-state index contributed by atoms with van der Waals surface area (Å²) in [4.78, 5) is 14.5. The number of nitrogens with one attached hydrogen (secondary N) is 1. The number of nitrogens with zero attached hydrogens (tertiary/aromatic N) is 1. The highest BCUT2D eigenvalue weighted by atomic mass is 79.9. The number of fused-ring (bicyclic) bond motifs is 5. The van der Waals surface area contributed by atoms with Crippen molar-refractivity contribution in [1.29, 1.82) is 0 Å². The summed E-state index contributed by atoms with van der Waals surface area (Å²) in [6.07, 6.45) is 0.883. The van der Waals surface area contributed by atoms with Gasteiger partial charge in [0.2, 0.25) is 0 Å². The molecule has 4 rings (SSSR count). The second-order valence-electron chi connectivity index (χ2n) is 5.32. The Morgan fingerprint density at radius 1 is 1.29 bits per heavy atom. The second kappa shape index (κ2) is 4.56. The van der Waals surface area contributed by atoms with E-state index in [0.717, 1.165) is 24.2 Å². The topological polar surface area (TPSA) is 32.3 Å². The Hall–Kier alpha value is -1.88. The molecule has 2 aliphatic rings. The molecule has 1 unspecified atom stereocenters. The van der Waals surface area contributed by atoms with Crippen molar-refractivity contribution < 1.29 is 9.18 Å². The summed E-state index contributed by atoms with van der Waals surface area (Å²) >= 11 is 3.22. The minimum absolute atomic E-state index is 0.101. The Bertz CT molecular complexity index is 762. The Labute approximate surface area is 129 Å². The van der Waals surface area contributed by atoms with Crippen molar-refractivity contribution in [2.24, 2.45) is 0 Å². The third kappa shape index (κ3) is 1.87. The van der Waals surface area contributed by atoms with Gasteiger partial charge in [-0.15, -0.1) is 0 Å². The predicted octanol–water partition coefficient (Wildman–Crippen LogP) is 3.64. The third-order valence-corrected chi connectivity index (χ3v) is 4.75. The van der Waals surface area contributed by atoms with Crippen molar-refractivity contribution in [1.82, 2.24) is 0 Å².